The van der Waals surface area contributed by atoms with E-state index in [1.807, 2.05) is 37.2 Å². The Kier molecular flexibility index (Phi) is 10.8. The summed E-state index contributed by atoms with van der Waals surface area (Å²) < 4.78 is 50.3. The molecular formula is C30H35FN5O6P. The average Bonchev–Trinajstić information content (AvgIpc) is 3.34. The number of amides is 1. The maximum Gasteiger partial charge on any atom is 0.476 e. The fraction of sp³-hybridized carbons (Fsp3) is 0.300. The second-order valence-corrected chi connectivity index (χ2v) is 11.3. The SMILES string of the molecule is CCOP(=O)(OCC)OCn1cc(-c2ccnc(F)c2)c2cc(-c3cc(NC(=O)C=CCN(C)C)cc(OC)c3)cnc21. The summed E-state index contributed by atoms with van der Waals surface area (Å²) in [7, 11) is 1.57. The summed E-state index contributed by atoms with van der Waals surface area (Å²) in [6.45, 7) is 4.10. The molecule has 0 saturated heterocycles. The minimum Gasteiger partial charge on any atom is -0.497 e. The lowest BCUT2D eigenvalue weighted by Gasteiger charge is -2.16. The number of hydrogen-bond donors (Lipinski definition) is 1. The molecule has 0 unspecified atom stereocenters. The Morgan fingerprint density at radius 2 is 1.81 bits per heavy atom. The molecule has 4 rings (SSSR count). The number of phosphoric ester groups is 1. The molecule has 0 fully saturated rings. The molecule has 3 heterocycles. The van der Waals surface area contributed by atoms with Crippen LogP contribution in [0.25, 0.3) is 33.3 Å². The molecule has 11 nitrogen and oxygen atoms in total. The third-order valence-electron chi connectivity index (χ3n) is 6.16. The minimum atomic E-state index is -3.80. The number of carbonyl (C=O) groups excluding carboxylic acids is 1. The van der Waals surface area contributed by atoms with Gasteiger partial charge in [0.25, 0.3) is 0 Å². The molecule has 0 aliphatic rings. The largest absolute Gasteiger partial charge is 0.497 e. The number of halogens is 1. The first-order valence-electron chi connectivity index (χ1n) is 13.6. The minimum absolute atomic E-state index is 0.141. The van der Waals surface area contributed by atoms with Gasteiger partial charge in [0.2, 0.25) is 11.9 Å². The van der Waals surface area contributed by atoms with E-state index in [0.29, 0.717) is 45.7 Å². The monoisotopic (exact) mass is 611 g/mol. The lowest BCUT2D eigenvalue weighted by atomic mass is 10.0. The van der Waals surface area contributed by atoms with Crippen LogP contribution in [0.15, 0.2) is 67.1 Å². The molecule has 1 aromatic carbocycles. The van der Waals surface area contributed by atoms with Crippen LogP contribution in [0.2, 0.25) is 0 Å². The van der Waals surface area contributed by atoms with Crippen molar-refractivity contribution in [3.8, 4) is 28.0 Å². The number of anilines is 1. The fourth-order valence-corrected chi connectivity index (χ4v) is 5.42. The number of pyridine rings is 2. The predicted octanol–water partition coefficient (Wildman–Crippen LogP) is 6.12. The van der Waals surface area contributed by atoms with Gasteiger partial charge in [-0.25, -0.2) is 14.5 Å². The van der Waals surface area contributed by atoms with Crippen molar-refractivity contribution in [3.05, 3.63) is 73.1 Å². The second kappa shape index (κ2) is 14.5. The average molecular weight is 612 g/mol. The number of likely N-dealkylation sites (N-methyl/N-ethyl adjacent to an activating group) is 1. The molecular weight excluding hydrogens is 576 g/mol. The molecule has 13 heteroatoms. The smallest absolute Gasteiger partial charge is 0.476 e. The maximum atomic E-state index is 14.1. The van der Waals surface area contributed by atoms with E-state index in [4.69, 9.17) is 18.3 Å². The normalized spacial score (nSPS) is 12.0. The molecule has 0 aliphatic carbocycles. The lowest BCUT2D eigenvalue weighted by Crippen LogP contribution is -2.13. The topological polar surface area (TPSA) is 117 Å². The van der Waals surface area contributed by atoms with Crippen LogP contribution in [0.3, 0.4) is 0 Å². The number of rotatable bonds is 14. The number of aromatic nitrogens is 3. The number of benzene rings is 1. The van der Waals surface area contributed by atoms with E-state index >= 15 is 0 Å². The van der Waals surface area contributed by atoms with Crippen molar-refractivity contribution >= 4 is 30.5 Å². The predicted molar refractivity (Wildman–Crippen MR) is 163 cm³/mol. The summed E-state index contributed by atoms with van der Waals surface area (Å²) in [5.41, 5.74) is 3.70. The van der Waals surface area contributed by atoms with Gasteiger partial charge in [-0.15, -0.1) is 0 Å². The first-order valence-corrected chi connectivity index (χ1v) is 15.1. The molecule has 0 spiro atoms. The van der Waals surface area contributed by atoms with Crippen molar-refractivity contribution in [2.45, 2.75) is 20.6 Å². The van der Waals surface area contributed by atoms with E-state index in [2.05, 4.69) is 15.3 Å². The van der Waals surface area contributed by atoms with Crippen molar-refractivity contribution < 1.29 is 32.1 Å². The number of nitrogens with one attached hydrogen (secondary N) is 1. The standard InChI is InChI=1S/C30H35FN5O6P/c1-6-40-43(38,41-7-2)42-20-36-19-27(21-10-11-32-28(31)16-21)26-15-23(18-33-30(26)36)22-13-24(17-25(14-22)39-5)34-29(37)9-8-12-35(3)4/h8-11,13-19H,6-7,12,20H2,1-5H3,(H,34,37). The Hall–Kier alpha value is -3.93. The van der Waals surface area contributed by atoms with Crippen LogP contribution in [0.4, 0.5) is 10.1 Å². The molecule has 0 radical (unpaired) electrons. The summed E-state index contributed by atoms with van der Waals surface area (Å²) in [4.78, 5) is 22.8. The molecule has 0 saturated carbocycles. The van der Waals surface area contributed by atoms with E-state index in [0.717, 1.165) is 5.56 Å². The number of fused-ring (bicyclic) bond motifs is 1. The van der Waals surface area contributed by atoms with Crippen molar-refractivity contribution in [1.82, 2.24) is 19.4 Å². The van der Waals surface area contributed by atoms with Crippen LogP contribution in [0, 0.1) is 5.95 Å². The van der Waals surface area contributed by atoms with E-state index in [-0.39, 0.29) is 25.9 Å². The van der Waals surface area contributed by atoms with Gasteiger partial charge in [0.05, 0.1) is 20.3 Å². The van der Waals surface area contributed by atoms with Gasteiger partial charge < -0.3 is 19.5 Å². The maximum absolute atomic E-state index is 14.1. The highest BCUT2D eigenvalue weighted by Gasteiger charge is 2.26. The fourth-order valence-electron chi connectivity index (χ4n) is 4.30. The lowest BCUT2D eigenvalue weighted by molar-refractivity contribution is -0.111. The van der Waals surface area contributed by atoms with Gasteiger partial charge >= 0.3 is 7.82 Å². The quantitative estimate of drug-likeness (QED) is 0.102. The van der Waals surface area contributed by atoms with Crippen molar-refractivity contribution in [2.24, 2.45) is 0 Å². The summed E-state index contributed by atoms with van der Waals surface area (Å²) in [6, 6.07) is 10.3. The molecule has 0 aliphatic heterocycles. The summed E-state index contributed by atoms with van der Waals surface area (Å²) in [5, 5.41) is 3.55. The molecule has 0 bridgehead atoms. The molecule has 228 valence electrons. The summed E-state index contributed by atoms with van der Waals surface area (Å²) in [5.74, 6) is -0.371. The van der Waals surface area contributed by atoms with Gasteiger partial charge in [0.15, 0.2) is 0 Å². The number of carbonyl (C=O) groups is 1. The number of phosphoric acid groups is 1. The van der Waals surface area contributed by atoms with Gasteiger partial charge in [-0.2, -0.15) is 4.39 Å². The molecule has 3 aromatic heterocycles. The molecule has 1 amide bonds. The first-order chi connectivity index (χ1) is 20.6. The first kappa shape index (κ1) is 32.0. The van der Waals surface area contributed by atoms with Gasteiger partial charge in [-0.05, 0) is 63.3 Å². The summed E-state index contributed by atoms with van der Waals surface area (Å²) >= 11 is 0. The van der Waals surface area contributed by atoms with Gasteiger partial charge in [-0.1, -0.05) is 6.08 Å². The van der Waals surface area contributed by atoms with Crippen LogP contribution in [0.1, 0.15) is 13.8 Å². The van der Waals surface area contributed by atoms with Crippen LogP contribution in [-0.4, -0.2) is 66.3 Å². The van der Waals surface area contributed by atoms with Crippen LogP contribution < -0.4 is 10.1 Å². The van der Waals surface area contributed by atoms with Crippen LogP contribution in [-0.2, 0) is 29.7 Å². The Balaban J connectivity index is 1.75. The van der Waals surface area contributed by atoms with E-state index in [1.165, 1.54) is 18.3 Å². The third kappa shape index (κ3) is 8.34. The Morgan fingerprint density at radius 1 is 1.05 bits per heavy atom. The zero-order valence-corrected chi connectivity index (χ0v) is 25.6. The van der Waals surface area contributed by atoms with E-state index in [1.54, 1.807) is 56.1 Å². The molecule has 1 N–H and O–H groups in total. The highest BCUT2D eigenvalue weighted by molar-refractivity contribution is 7.48. The van der Waals surface area contributed by atoms with Crippen molar-refractivity contribution in [2.75, 3.05) is 46.3 Å². The Bertz CT molecular complexity index is 1650. The number of ether oxygens (including phenoxy) is 1. The van der Waals surface area contributed by atoms with Gasteiger partial charge in [0, 0.05) is 65.5 Å². The van der Waals surface area contributed by atoms with Crippen molar-refractivity contribution in [1.29, 1.82) is 0 Å². The highest BCUT2D eigenvalue weighted by Crippen LogP contribution is 2.49. The Labute approximate surface area is 249 Å². The summed E-state index contributed by atoms with van der Waals surface area (Å²) in [6.07, 6.45) is 8.03. The molecule has 43 heavy (non-hydrogen) atoms. The molecule has 4 aromatic rings. The third-order valence-corrected chi connectivity index (χ3v) is 7.74. The van der Waals surface area contributed by atoms with Crippen LogP contribution in [0.5, 0.6) is 5.75 Å². The van der Waals surface area contributed by atoms with Crippen LogP contribution >= 0.6 is 7.82 Å². The second-order valence-electron chi connectivity index (χ2n) is 9.62. The number of hydrogen-bond acceptors (Lipinski definition) is 9. The zero-order valence-electron chi connectivity index (χ0n) is 24.7. The zero-order chi connectivity index (χ0) is 31.0. The number of methoxy groups -OCH3 is 1. The van der Waals surface area contributed by atoms with Gasteiger partial charge in [-0.3, -0.25) is 18.4 Å². The number of nitrogens with zero attached hydrogens (tertiary/aromatic N) is 4. The van der Waals surface area contributed by atoms with Gasteiger partial charge in [0.1, 0.15) is 18.1 Å². The molecule has 0 atom stereocenters. The Morgan fingerprint density at radius 3 is 2.49 bits per heavy atom. The highest BCUT2D eigenvalue weighted by atomic mass is 31.2. The van der Waals surface area contributed by atoms with E-state index < -0.39 is 13.8 Å². The van der Waals surface area contributed by atoms with Crippen molar-refractivity contribution in [3.63, 3.8) is 0 Å². The van der Waals surface area contributed by atoms with E-state index in [9.17, 15) is 13.8 Å².